The second kappa shape index (κ2) is 8.31. The molecule has 27 heavy (non-hydrogen) atoms. The SMILES string of the molecule is CC(=O)OS(c1ccccc1)(c1ccccc1)c1ccc(OC(C)C)cc1. The van der Waals surface area contributed by atoms with Crippen molar-refractivity contribution in [3.05, 3.63) is 84.9 Å². The number of hydrogen-bond donors (Lipinski definition) is 0. The van der Waals surface area contributed by atoms with Crippen molar-refractivity contribution in [1.82, 2.24) is 0 Å². The third-order valence-electron chi connectivity index (χ3n) is 3.92. The molecule has 3 aromatic rings. The number of benzene rings is 3. The molecule has 0 saturated carbocycles. The smallest absolute Gasteiger partial charge is 0.313 e. The summed E-state index contributed by atoms with van der Waals surface area (Å²) in [4.78, 5) is 15.1. The van der Waals surface area contributed by atoms with E-state index in [-0.39, 0.29) is 12.1 Å². The Hall–Kier alpha value is -2.72. The Balaban J connectivity index is 2.21. The van der Waals surface area contributed by atoms with Crippen LogP contribution in [0.4, 0.5) is 0 Å². The lowest BCUT2D eigenvalue weighted by Crippen LogP contribution is -2.11. The Bertz CT molecular complexity index is 835. The average Bonchev–Trinajstić information content (AvgIpc) is 2.67. The summed E-state index contributed by atoms with van der Waals surface area (Å²) >= 11 is 0. The van der Waals surface area contributed by atoms with E-state index in [0.717, 1.165) is 20.4 Å². The number of carbonyl (C=O) groups is 1. The third kappa shape index (κ3) is 4.17. The van der Waals surface area contributed by atoms with Gasteiger partial charge in [0.05, 0.1) is 6.10 Å². The summed E-state index contributed by atoms with van der Waals surface area (Å²) in [6.07, 6.45) is 0.102. The Morgan fingerprint density at radius 1 is 0.741 bits per heavy atom. The Morgan fingerprint density at radius 2 is 1.19 bits per heavy atom. The van der Waals surface area contributed by atoms with Crippen LogP contribution in [0, 0.1) is 0 Å². The van der Waals surface area contributed by atoms with Gasteiger partial charge in [0, 0.05) is 21.6 Å². The highest BCUT2D eigenvalue weighted by molar-refractivity contribution is 8.30. The van der Waals surface area contributed by atoms with Crippen molar-refractivity contribution in [2.45, 2.75) is 41.6 Å². The molecule has 0 aromatic heterocycles. The molecule has 4 heteroatoms. The fourth-order valence-corrected chi connectivity index (χ4v) is 5.99. The molecule has 3 nitrogen and oxygen atoms in total. The highest BCUT2D eigenvalue weighted by atomic mass is 32.3. The summed E-state index contributed by atoms with van der Waals surface area (Å²) in [6.45, 7) is 5.45. The number of hydrogen-bond acceptors (Lipinski definition) is 3. The molecular weight excluding hydrogens is 356 g/mol. The molecule has 140 valence electrons. The van der Waals surface area contributed by atoms with Crippen molar-refractivity contribution >= 4 is 16.3 Å². The zero-order valence-corrected chi connectivity index (χ0v) is 16.6. The van der Waals surface area contributed by atoms with Gasteiger partial charge in [-0.05, 0) is 72.7 Å². The maximum Gasteiger partial charge on any atom is 0.313 e. The first-order valence-electron chi connectivity index (χ1n) is 8.92. The molecule has 3 aromatic carbocycles. The van der Waals surface area contributed by atoms with Gasteiger partial charge in [-0.25, -0.2) is 0 Å². The van der Waals surface area contributed by atoms with Gasteiger partial charge in [0.25, 0.3) is 0 Å². The molecule has 0 fully saturated rings. The molecule has 0 unspecified atom stereocenters. The highest BCUT2D eigenvalue weighted by Crippen LogP contribution is 2.69. The van der Waals surface area contributed by atoms with E-state index in [2.05, 4.69) is 0 Å². The normalized spacial score (nSPS) is 11.9. The second-order valence-electron chi connectivity index (χ2n) is 6.40. The maximum absolute atomic E-state index is 12.2. The van der Waals surface area contributed by atoms with E-state index in [0.29, 0.717) is 0 Å². The summed E-state index contributed by atoms with van der Waals surface area (Å²) in [6, 6.07) is 27.8. The van der Waals surface area contributed by atoms with E-state index in [9.17, 15) is 4.79 Å². The minimum atomic E-state index is -2.18. The van der Waals surface area contributed by atoms with Crippen LogP contribution in [-0.2, 0) is 8.98 Å². The molecule has 0 heterocycles. The average molecular weight is 381 g/mol. The van der Waals surface area contributed by atoms with E-state index < -0.39 is 10.3 Å². The predicted octanol–water partition coefficient (Wildman–Crippen LogP) is 6.23. The van der Waals surface area contributed by atoms with E-state index >= 15 is 0 Å². The largest absolute Gasteiger partial charge is 0.491 e. The van der Waals surface area contributed by atoms with Crippen LogP contribution in [0.2, 0.25) is 0 Å². The highest BCUT2D eigenvalue weighted by Gasteiger charge is 2.34. The van der Waals surface area contributed by atoms with Crippen molar-refractivity contribution < 1.29 is 13.7 Å². The summed E-state index contributed by atoms with van der Waals surface area (Å²) in [7, 11) is -2.18. The Kier molecular flexibility index (Phi) is 5.87. The standard InChI is InChI=1S/C23H24O3S/c1-18(2)25-20-14-16-23(17-15-20)27(26-19(3)24,21-10-6-4-7-11-21)22-12-8-5-9-13-22/h4-18H,1-3H3. The summed E-state index contributed by atoms with van der Waals surface area (Å²) in [5, 5.41) is 0. The quantitative estimate of drug-likeness (QED) is 0.508. The maximum atomic E-state index is 12.2. The minimum Gasteiger partial charge on any atom is -0.491 e. The molecule has 0 aliphatic heterocycles. The predicted molar refractivity (Wildman–Crippen MR) is 109 cm³/mol. The monoisotopic (exact) mass is 380 g/mol. The molecular formula is C23H24O3S. The van der Waals surface area contributed by atoms with Crippen LogP contribution in [0.25, 0.3) is 0 Å². The molecule has 0 bridgehead atoms. The van der Waals surface area contributed by atoms with E-state index in [1.165, 1.54) is 6.92 Å². The van der Waals surface area contributed by atoms with Crippen molar-refractivity contribution in [3.8, 4) is 5.75 Å². The van der Waals surface area contributed by atoms with E-state index in [1.54, 1.807) is 0 Å². The molecule has 0 amide bonds. The topological polar surface area (TPSA) is 35.5 Å². The molecule has 0 radical (unpaired) electrons. The van der Waals surface area contributed by atoms with Gasteiger partial charge in [-0.1, -0.05) is 36.4 Å². The van der Waals surface area contributed by atoms with Gasteiger partial charge in [-0.2, -0.15) is 0 Å². The van der Waals surface area contributed by atoms with E-state index in [1.807, 2.05) is 98.8 Å². The van der Waals surface area contributed by atoms with Crippen molar-refractivity contribution in [3.63, 3.8) is 0 Å². The van der Waals surface area contributed by atoms with Crippen molar-refractivity contribution in [2.24, 2.45) is 0 Å². The van der Waals surface area contributed by atoms with Crippen LogP contribution in [0.3, 0.4) is 0 Å². The van der Waals surface area contributed by atoms with Crippen LogP contribution in [0.15, 0.2) is 99.6 Å². The molecule has 0 aliphatic carbocycles. The van der Waals surface area contributed by atoms with Gasteiger partial charge in [-0.3, -0.25) is 4.79 Å². The van der Waals surface area contributed by atoms with Crippen LogP contribution in [0.1, 0.15) is 20.8 Å². The first-order valence-corrected chi connectivity index (χ1v) is 10.5. The molecule has 0 aliphatic rings. The molecule has 0 saturated heterocycles. The molecule has 0 N–H and O–H groups in total. The fraction of sp³-hybridized carbons (Fsp3) is 0.174. The lowest BCUT2D eigenvalue weighted by Gasteiger charge is -2.39. The first kappa shape index (κ1) is 19.1. The van der Waals surface area contributed by atoms with Crippen molar-refractivity contribution in [2.75, 3.05) is 0 Å². The van der Waals surface area contributed by atoms with Crippen LogP contribution in [0.5, 0.6) is 5.75 Å². The number of carbonyl (C=O) groups excluding carboxylic acids is 1. The number of ether oxygens (including phenoxy) is 1. The minimum absolute atomic E-state index is 0.102. The Morgan fingerprint density at radius 3 is 1.59 bits per heavy atom. The van der Waals surface area contributed by atoms with Crippen LogP contribution < -0.4 is 4.74 Å². The van der Waals surface area contributed by atoms with Crippen LogP contribution >= 0.6 is 10.3 Å². The molecule has 0 atom stereocenters. The lowest BCUT2D eigenvalue weighted by atomic mass is 10.3. The van der Waals surface area contributed by atoms with Gasteiger partial charge >= 0.3 is 5.97 Å². The summed E-state index contributed by atoms with van der Waals surface area (Å²) < 4.78 is 11.9. The van der Waals surface area contributed by atoms with Crippen LogP contribution in [-0.4, -0.2) is 12.1 Å². The van der Waals surface area contributed by atoms with Gasteiger partial charge in [0.2, 0.25) is 0 Å². The summed E-state index contributed by atoms with van der Waals surface area (Å²) in [5.41, 5.74) is 0. The molecule has 0 spiro atoms. The molecule has 3 rings (SSSR count). The number of rotatable bonds is 6. The fourth-order valence-electron chi connectivity index (χ4n) is 2.93. The van der Waals surface area contributed by atoms with Gasteiger partial charge in [0.1, 0.15) is 5.75 Å². The van der Waals surface area contributed by atoms with E-state index in [4.69, 9.17) is 8.92 Å². The lowest BCUT2D eigenvalue weighted by molar-refractivity contribution is -0.131. The van der Waals surface area contributed by atoms with Gasteiger partial charge in [0.15, 0.2) is 0 Å². The Labute approximate surface area is 162 Å². The second-order valence-corrected chi connectivity index (χ2v) is 9.09. The first-order chi connectivity index (χ1) is 13.0. The van der Waals surface area contributed by atoms with Gasteiger partial charge in [-0.15, -0.1) is 0 Å². The zero-order chi connectivity index (χ0) is 19.3. The van der Waals surface area contributed by atoms with Crippen molar-refractivity contribution in [1.29, 1.82) is 0 Å². The third-order valence-corrected chi connectivity index (χ3v) is 7.21. The summed E-state index contributed by atoms with van der Waals surface area (Å²) in [5.74, 6) is 0.492. The van der Waals surface area contributed by atoms with Gasteiger partial charge < -0.3 is 8.92 Å². The zero-order valence-electron chi connectivity index (χ0n) is 15.8.